The standard InChI is InChI=1S/C22H25N5O5/c1-3-14-6-4-7-16(10-14)32-13-15(28)12-27-18-19(26(2)22(30)25-20(18)29)24-21(27)23-11-17-8-5-9-31-17/h4-10,15,28H,3,11-13H2,1-2H3,(H,23,24)(H,25,29,30)/t15-/m0/s1. The smallest absolute Gasteiger partial charge is 0.329 e. The summed E-state index contributed by atoms with van der Waals surface area (Å²) in [6.45, 7) is 2.43. The molecule has 168 valence electrons. The van der Waals surface area contributed by atoms with E-state index in [0.29, 0.717) is 24.0 Å². The molecule has 3 N–H and O–H groups in total. The molecule has 1 atom stereocenters. The summed E-state index contributed by atoms with van der Waals surface area (Å²) in [7, 11) is 1.52. The molecule has 0 amide bonds. The van der Waals surface area contributed by atoms with Gasteiger partial charge in [-0.2, -0.15) is 4.98 Å². The Balaban J connectivity index is 1.60. The number of anilines is 1. The number of aromatic nitrogens is 4. The van der Waals surface area contributed by atoms with Crippen molar-refractivity contribution in [3.05, 3.63) is 74.8 Å². The monoisotopic (exact) mass is 439 g/mol. The minimum atomic E-state index is -0.932. The highest BCUT2D eigenvalue weighted by atomic mass is 16.5. The fourth-order valence-electron chi connectivity index (χ4n) is 3.44. The van der Waals surface area contributed by atoms with E-state index >= 15 is 0 Å². The zero-order valence-corrected chi connectivity index (χ0v) is 17.9. The van der Waals surface area contributed by atoms with Crippen LogP contribution in [0.3, 0.4) is 0 Å². The van der Waals surface area contributed by atoms with E-state index in [4.69, 9.17) is 9.15 Å². The van der Waals surface area contributed by atoms with Gasteiger partial charge in [0, 0.05) is 7.05 Å². The lowest BCUT2D eigenvalue weighted by molar-refractivity contribution is 0.0938. The van der Waals surface area contributed by atoms with Crippen LogP contribution in [0.4, 0.5) is 5.95 Å². The number of nitrogens with one attached hydrogen (secondary N) is 2. The SMILES string of the molecule is CCc1cccc(OC[C@@H](O)Cn2c(NCc3ccco3)nc3c2c(=O)[nH]c(=O)n3C)c1. The lowest BCUT2D eigenvalue weighted by Gasteiger charge is -2.16. The third-order valence-corrected chi connectivity index (χ3v) is 5.15. The molecule has 0 radical (unpaired) electrons. The van der Waals surface area contributed by atoms with Crippen molar-refractivity contribution in [1.82, 2.24) is 19.1 Å². The topological polar surface area (TPSA) is 127 Å². The van der Waals surface area contributed by atoms with Gasteiger partial charge < -0.3 is 24.1 Å². The lowest BCUT2D eigenvalue weighted by atomic mass is 10.2. The zero-order chi connectivity index (χ0) is 22.7. The van der Waals surface area contributed by atoms with Crippen LogP contribution in [0.2, 0.25) is 0 Å². The number of aryl methyl sites for hydroxylation is 2. The Kier molecular flexibility index (Phi) is 6.13. The quantitative estimate of drug-likeness (QED) is 0.362. The first kappa shape index (κ1) is 21.4. The molecule has 0 spiro atoms. The van der Waals surface area contributed by atoms with Gasteiger partial charge in [-0.1, -0.05) is 19.1 Å². The van der Waals surface area contributed by atoms with Gasteiger partial charge in [-0.25, -0.2) is 4.79 Å². The molecule has 0 aliphatic rings. The first-order chi connectivity index (χ1) is 15.5. The van der Waals surface area contributed by atoms with Crippen LogP contribution in [0.1, 0.15) is 18.2 Å². The van der Waals surface area contributed by atoms with Crippen molar-refractivity contribution in [1.29, 1.82) is 0 Å². The molecule has 1 aromatic carbocycles. The van der Waals surface area contributed by atoms with E-state index in [1.54, 1.807) is 23.0 Å². The first-order valence-corrected chi connectivity index (χ1v) is 10.3. The second-order valence-electron chi connectivity index (χ2n) is 7.44. The maximum absolute atomic E-state index is 12.6. The minimum absolute atomic E-state index is 0.0220. The van der Waals surface area contributed by atoms with E-state index in [2.05, 4.69) is 22.2 Å². The Labute approximate surface area is 183 Å². The third-order valence-electron chi connectivity index (χ3n) is 5.15. The number of aromatic amines is 1. The van der Waals surface area contributed by atoms with Crippen molar-refractivity contribution < 1.29 is 14.3 Å². The Hall–Kier alpha value is -3.79. The summed E-state index contributed by atoms with van der Waals surface area (Å²) in [4.78, 5) is 31.3. The minimum Gasteiger partial charge on any atom is -0.491 e. The number of hydrogen-bond acceptors (Lipinski definition) is 7. The number of fused-ring (bicyclic) bond motifs is 1. The van der Waals surface area contributed by atoms with Crippen molar-refractivity contribution in [2.24, 2.45) is 7.05 Å². The highest BCUT2D eigenvalue weighted by Gasteiger charge is 2.20. The third kappa shape index (κ3) is 4.45. The Morgan fingerprint density at radius 3 is 2.88 bits per heavy atom. The number of H-pyrrole nitrogens is 1. The molecule has 32 heavy (non-hydrogen) atoms. The van der Waals surface area contributed by atoms with Crippen LogP contribution in [0.5, 0.6) is 5.75 Å². The number of furan rings is 1. The molecule has 3 aromatic heterocycles. The predicted molar refractivity (Wildman–Crippen MR) is 119 cm³/mol. The highest BCUT2D eigenvalue weighted by Crippen LogP contribution is 2.18. The summed E-state index contributed by atoms with van der Waals surface area (Å²) in [5.74, 6) is 1.66. The van der Waals surface area contributed by atoms with E-state index in [9.17, 15) is 14.7 Å². The van der Waals surface area contributed by atoms with Crippen LogP contribution < -0.4 is 21.3 Å². The Bertz CT molecular complexity index is 1320. The predicted octanol–water partition coefficient (Wildman–Crippen LogP) is 1.63. The van der Waals surface area contributed by atoms with Crippen LogP contribution in [-0.2, 0) is 26.6 Å². The first-order valence-electron chi connectivity index (χ1n) is 10.3. The van der Waals surface area contributed by atoms with E-state index in [0.717, 1.165) is 12.0 Å². The van der Waals surface area contributed by atoms with Crippen LogP contribution in [0, 0.1) is 0 Å². The summed E-state index contributed by atoms with van der Waals surface area (Å²) in [6, 6.07) is 11.2. The van der Waals surface area contributed by atoms with Gasteiger partial charge in [0.15, 0.2) is 11.2 Å². The fourth-order valence-corrected chi connectivity index (χ4v) is 3.44. The average molecular weight is 439 g/mol. The maximum Gasteiger partial charge on any atom is 0.329 e. The van der Waals surface area contributed by atoms with E-state index in [1.807, 2.05) is 24.3 Å². The van der Waals surface area contributed by atoms with Crippen molar-refractivity contribution in [3.8, 4) is 5.75 Å². The van der Waals surface area contributed by atoms with E-state index in [-0.39, 0.29) is 24.3 Å². The van der Waals surface area contributed by atoms with E-state index < -0.39 is 17.4 Å². The van der Waals surface area contributed by atoms with Crippen LogP contribution >= 0.6 is 0 Å². The van der Waals surface area contributed by atoms with Gasteiger partial charge in [0.2, 0.25) is 5.95 Å². The number of ether oxygens (including phenoxy) is 1. The van der Waals surface area contributed by atoms with Gasteiger partial charge in [0.25, 0.3) is 5.56 Å². The molecule has 4 rings (SSSR count). The van der Waals surface area contributed by atoms with Gasteiger partial charge in [-0.3, -0.25) is 14.3 Å². The number of rotatable bonds is 9. The molecule has 4 aromatic rings. The molecule has 0 bridgehead atoms. The fraction of sp³-hybridized carbons (Fsp3) is 0.318. The normalized spacial score (nSPS) is 12.2. The summed E-state index contributed by atoms with van der Waals surface area (Å²) >= 11 is 0. The van der Waals surface area contributed by atoms with Gasteiger partial charge in [0.1, 0.15) is 24.2 Å². The molecule has 0 aliphatic carbocycles. The largest absolute Gasteiger partial charge is 0.491 e. The zero-order valence-electron chi connectivity index (χ0n) is 17.9. The van der Waals surface area contributed by atoms with Crippen molar-refractivity contribution in [3.63, 3.8) is 0 Å². The molecule has 0 fully saturated rings. The summed E-state index contributed by atoms with van der Waals surface area (Å²) in [5.41, 5.74) is 0.384. The van der Waals surface area contributed by atoms with Crippen molar-refractivity contribution >= 4 is 17.1 Å². The molecule has 10 heteroatoms. The molecule has 0 saturated carbocycles. The molecule has 0 unspecified atom stereocenters. The second-order valence-corrected chi connectivity index (χ2v) is 7.44. The van der Waals surface area contributed by atoms with Crippen LogP contribution in [-0.4, -0.2) is 36.9 Å². The number of aliphatic hydroxyl groups excluding tert-OH is 1. The van der Waals surface area contributed by atoms with Crippen LogP contribution in [0.25, 0.3) is 11.2 Å². The molecular weight excluding hydrogens is 414 g/mol. The summed E-state index contributed by atoms with van der Waals surface area (Å²) in [6.07, 6.45) is 1.51. The number of nitrogens with zero attached hydrogens (tertiary/aromatic N) is 3. The molecular formula is C22H25N5O5. The molecule has 10 nitrogen and oxygen atoms in total. The van der Waals surface area contributed by atoms with Gasteiger partial charge in [-0.15, -0.1) is 0 Å². The molecule has 3 heterocycles. The highest BCUT2D eigenvalue weighted by molar-refractivity contribution is 5.74. The number of imidazole rings is 1. The lowest BCUT2D eigenvalue weighted by Crippen LogP contribution is -2.31. The number of hydrogen-bond donors (Lipinski definition) is 3. The van der Waals surface area contributed by atoms with Crippen LogP contribution in [0.15, 0.2) is 56.7 Å². The van der Waals surface area contributed by atoms with Gasteiger partial charge in [-0.05, 0) is 36.2 Å². The summed E-state index contributed by atoms with van der Waals surface area (Å²) in [5, 5.41) is 13.8. The van der Waals surface area contributed by atoms with Crippen molar-refractivity contribution in [2.45, 2.75) is 32.5 Å². The number of aliphatic hydroxyl groups is 1. The molecule has 0 aliphatic heterocycles. The van der Waals surface area contributed by atoms with E-state index in [1.165, 1.54) is 11.6 Å². The maximum atomic E-state index is 12.6. The average Bonchev–Trinajstić information content (AvgIpc) is 3.43. The van der Waals surface area contributed by atoms with Crippen molar-refractivity contribution in [2.75, 3.05) is 11.9 Å². The van der Waals surface area contributed by atoms with Gasteiger partial charge >= 0.3 is 5.69 Å². The van der Waals surface area contributed by atoms with Gasteiger partial charge in [0.05, 0.1) is 19.4 Å². The molecule has 0 saturated heterocycles. The Morgan fingerprint density at radius 1 is 1.28 bits per heavy atom. The second kappa shape index (κ2) is 9.15. The number of benzene rings is 1. The summed E-state index contributed by atoms with van der Waals surface area (Å²) < 4.78 is 13.9. The Morgan fingerprint density at radius 2 is 2.12 bits per heavy atom.